The van der Waals surface area contributed by atoms with E-state index >= 15 is 0 Å². The zero-order valence-electron chi connectivity index (χ0n) is 16.9. The van der Waals surface area contributed by atoms with Crippen LogP contribution in [0.1, 0.15) is 30.3 Å². The highest BCUT2D eigenvalue weighted by Gasteiger charge is 2.22. The number of aromatic nitrogens is 4. The average Bonchev–Trinajstić information content (AvgIpc) is 2.89. The molecule has 1 aliphatic heterocycles. The van der Waals surface area contributed by atoms with E-state index in [1.165, 1.54) is 5.56 Å². The van der Waals surface area contributed by atoms with Gasteiger partial charge >= 0.3 is 0 Å². The highest BCUT2D eigenvalue weighted by molar-refractivity contribution is 5.88. The van der Waals surface area contributed by atoms with Crippen molar-refractivity contribution in [3.8, 4) is 5.69 Å². The molecule has 0 N–H and O–H groups in total. The minimum absolute atomic E-state index is 0.133. The van der Waals surface area contributed by atoms with Crippen LogP contribution in [0.4, 0.5) is 5.82 Å². The van der Waals surface area contributed by atoms with Crippen molar-refractivity contribution in [3.05, 3.63) is 41.3 Å². The number of aryl methyl sites for hydroxylation is 3. The first-order chi connectivity index (χ1) is 13.4. The summed E-state index contributed by atoms with van der Waals surface area (Å²) in [6.45, 7) is 10.9. The highest BCUT2D eigenvalue weighted by Crippen LogP contribution is 2.27. The monoisotopic (exact) mass is 378 g/mol. The molecule has 0 atom stereocenters. The molecule has 1 fully saturated rings. The van der Waals surface area contributed by atoms with Gasteiger partial charge in [-0.15, -0.1) is 0 Å². The van der Waals surface area contributed by atoms with Gasteiger partial charge in [-0.25, -0.2) is 14.6 Å². The molecule has 3 aromatic rings. The molecule has 146 valence electrons. The lowest BCUT2D eigenvalue weighted by atomic mass is 10.1. The summed E-state index contributed by atoms with van der Waals surface area (Å²) in [5.74, 6) is 1.76. The normalized spacial score (nSPS) is 15.1. The third-order valence-electron chi connectivity index (χ3n) is 5.34. The van der Waals surface area contributed by atoms with Gasteiger partial charge in [-0.2, -0.15) is 5.10 Å². The predicted molar refractivity (Wildman–Crippen MR) is 110 cm³/mol. The van der Waals surface area contributed by atoms with Crippen LogP contribution in [0.2, 0.25) is 0 Å². The fourth-order valence-corrected chi connectivity index (χ4v) is 3.90. The number of hydrogen-bond donors (Lipinski definition) is 0. The number of carbonyl (C=O) groups is 1. The lowest BCUT2D eigenvalue weighted by Gasteiger charge is -2.23. The Morgan fingerprint density at radius 2 is 1.86 bits per heavy atom. The Hall–Kier alpha value is -2.96. The van der Waals surface area contributed by atoms with E-state index in [0.717, 1.165) is 60.0 Å². The van der Waals surface area contributed by atoms with Crippen LogP contribution in [0.25, 0.3) is 16.7 Å². The van der Waals surface area contributed by atoms with Gasteiger partial charge in [0.15, 0.2) is 5.65 Å². The summed E-state index contributed by atoms with van der Waals surface area (Å²) in [5, 5.41) is 5.59. The first-order valence-corrected chi connectivity index (χ1v) is 9.74. The van der Waals surface area contributed by atoms with E-state index in [4.69, 9.17) is 9.97 Å². The van der Waals surface area contributed by atoms with Crippen molar-refractivity contribution in [3.63, 3.8) is 0 Å². The fourth-order valence-electron chi connectivity index (χ4n) is 3.90. The van der Waals surface area contributed by atoms with E-state index < -0.39 is 0 Å². The van der Waals surface area contributed by atoms with Gasteiger partial charge in [-0.1, -0.05) is 17.7 Å². The molecule has 0 saturated carbocycles. The Kier molecular flexibility index (Phi) is 4.75. The Balaban J connectivity index is 1.77. The van der Waals surface area contributed by atoms with Gasteiger partial charge in [0, 0.05) is 33.1 Å². The number of anilines is 1. The van der Waals surface area contributed by atoms with Gasteiger partial charge in [-0.05, 0) is 38.8 Å². The molecule has 1 saturated heterocycles. The quantitative estimate of drug-likeness (QED) is 0.686. The van der Waals surface area contributed by atoms with Gasteiger partial charge < -0.3 is 9.80 Å². The van der Waals surface area contributed by atoms with Crippen molar-refractivity contribution in [1.82, 2.24) is 24.6 Å². The molecular weight excluding hydrogens is 352 g/mol. The van der Waals surface area contributed by atoms with E-state index in [1.54, 1.807) is 6.92 Å². The van der Waals surface area contributed by atoms with Crippen LogP contribution in [-0.4, -0.2) is 56.7 Å². The molecule has 28 heavy (non-hydrogen) atoms. The number of benzene rings is 1. The van der Waals surface area contributed by atoms with Crippen LogP contribution in [0.5, 0.6) is 0 Å². The summed E-state index contributed by atoms with van der Waals surface area (Å²) in [4.78, 5) is 25.3. The largest absolute Gasteiger partial charge is 0.354 e. The smallest absolute Gasteiger partial charge is 0.219 e. The number of hydrogen-bond acceptors (Lipinski definition) is 5. The van der Waals surface area contributed by atoms with E-state index in [0.29, 0.717) is 6.54 Å². The van der Waals surface area contributed by atoms with E-state index in [2.05, 4.69) is 42.0 Å². The molecule has 0 bridgehead atoms. The minimum atomic E-state index is 0.133. The van der Waals surface area contributed by atoms with Crippen molar-refractivity contribution in [2.45, 2.75) is 34.1 Å². The summed E-state index contributed by atoms with van der Waals surface area (Å²) < 4.78 is 1.90. The number of amides is 1. The first-order valence-electron chi connectivity index (χ1n) is 9.74. The van der Waals surface area contributed by atoms with Crippen LogP contribution < -0.4 is 4.90 Å². The minimum Gasteiger partial charge on any atom is -0.354 e. The summed E-state index contributed by atoms with van der Waals surface area (Å²) in [6, 6.07) is 6.34. The molecule has 4 rings (SSSR count). The van der Waals surface area contributed by atoms with Gasteiger partial charge in [0.1, 0.15) is 11.6 Å². The molecule has 0 aliphatic carbocycles. The van der Waals surface area contributed by atoms with Crippen molar-refractivity contribution in [1.29, 1.82) is 0 Å². The SMILES string of the molecule is CC(=O)N1CCCN(c2nc(C)nc3c2cnn3-c2ccc(C)cc2C)CC1. The summed E-state index contributed by atoms with van der Waals surface area (Å²) >= 11 is 0. The third-order valence-corrected chi connectivity index (χ3v) is 5.34. The zero-order chi connectivity index (χ0) is 19.8. The van der Waals surface area contributed by atoms with Crippen molar-refractivity contribution >= 4 is 22.8 Å². The maximum atomic E-state index is 11.7. The summed E-state index contributed by atoms with van der Waals surface area (Å²) in [7, 11) is 0. The van der Waals surface area contributed by atoms with Crippen molar-refractivity contribution < 1.29 is 4.79 Å². The molecule has 0 unspecified atom stereocenters. The van der Waals surface area contributed by atoms with Crippen LogP contribution in [0.3, 0.4) is 0 Å². The van der Waals surface area contributed by atoms with Crippen LogP contribution in [0.15, 0.2) is 24.4 Å². The Labute approximate surface area is 165 Å². The van der Waals surface area contributed by atoms with Gasteiger partial charge in [0.25, 0.3) is 0 Å². The van der Waals surface area contributed by atoms with Crippen LogP contribution in [-0.2, 0) is 4.79 Å². The number of fused-ring (bicyclic) bond motifs is 1. The first kappa shape index (κ1) is 18.4. The zero-order valence-corrected chi connectivity index (χ0v) is 16.9. The standard InChI is InChI=1S/C21H26N6O/c1-14-6-7-19(15(2)12-14)27-21-18(13-22-27)20(23-16(3)24-21)26-9-5-8-25(10-11-26)17(4)28/h6-7,12-13H,5,8-11H2,1-4H3. The van der Waals surface area contributed by atoms with Crippen molar-refractivity contribution in [2.24, 2.45) is 0 Å². The molecule has 1 amide bonds. The maximum Gasteiger partial charge on any atom is 0.219 e. The third kappa shape index (κ3) is 3.32. The second-order valence-corrected chi connectivity index (χ2v) is 7.52. The number of nitrogens with zero attached hydrogens (tertiary/aromatic N) is 6. The summed E-state index contributed by atoms with van der Waals surface area (Å²) in [6.07, 6.45) is 2.78. The molecular formula is C21H26N6O. The Morgan fingerprint density at radius 3 is 2.61 bits per heavy atom. The predicted octanol–water partition coefficient (Wildman–Crippen LogP) is 2.80. The lowest BCUT2D eigenvalue weighted by Crippen LogP contribution is -2.34. The lowest BCUT2D eigenvalue weighted by molar-refractivity contribution is -0.128. The molecule has 7 heteroatoms. The second kappa shape index (κ2) is 7.22. The van der Waals surface area contributed by atoms with Gasteiger partial charge in [-0.3, -0.25) is 4.79 Å². The maximum absolute atomic E-state index is 11.7. The second-order valence-electron chi connectivity index (χ2n) is 7.52. The topological polar surface area (TPSA) is 67.2 Å². The van der Waals surface area contributed by atoms with E-state index in [9.17, 15) is 4.79 Å². The van der Waals surface area contributed by atoms with Crippen LogP contribution >= 0.6 is 0 Å². The highest BCUT2D eigenvalue weighted by atomic mass is 16.2. The number of rotatable bonds is 2. The Bertz CT molecular complexity index is 1040. The molecule has 0 spiro atoms. The van der Waals surface area contributed by atoms with E-state index in [-0.39, 0.29) is 5.91 Å². The molecule has 2 aromatic heterocycles. The van der Waals surface area contributed by atoms with Gasteiger partial charge in [0.2, 0.25) is 5.91 Å². The van der Waals surface area contributed by atoms with Crippen LogP contribution in [0, 0.1) is 20.8 Å². The molecule has 1 aromatic carbocycles. The van der Waals surface area contributed by atoms with E-state index in [1.807, 2.05) is 22.7 Å². The number of carbonyl (C=O) groups excluding carboxylic acids is 1. The Morgan fingerprint density at radius 1 is 1.04 bits per heavy atom. The average molecular weight is 378 g/mol. The fraction of sp³-hybridized carbons (Fsp3) is 0.429. The molecule has 0 radical (unpaired) electrons. The molecule has 3 heterocycles. The van der Waals surface area contributed by atoms with Crippen molar-refractivity contribution in [2.75, 3.05) is 31.1 Å². The summed E-state index contributed by atoms with van der Waals surface area (Å²) in [5.41, 5.74) is 4.24. The molecule has 7 nitrogen and oxygen atoms in total. The molecule has 1 aliphatic rings. The van der Waals surface area contributed by atoms with Gasteiger partial charge in [0.05, 0.1) is 17.3 Å².